The Kier molecular flexibility index (Phi) is 4.04. The van der Waals surface area contributed by atoms with Crippen molar-refractivity contribution in [2.24, 2.45) is 5.92 Å². The second kappa shape index (κ2) is 5.73. The number of ether oxygens (including phenoxy) is 1. The van der Waals surface area contributed by atoms with E-state index >= 15 is 0 Å². The summed E-state index contributed by atoms with van der Waals surface area (Å²) in [4.78, 5) is 25.5. The zero-order chi connectivity index (χ0) is 13.8. The highest BCUT2D eigenvalue weighted by Crippen LogP contribution is 2.20. The first-order valence-electron chi connectivity index (χ1n) is 6.34. The van der Waals surface area contributed by atoms with Crippen LogP contribution in [0, 0.1) is 5.92 Å². The highest BCUT2D eigenvalue weighted by Gasteiger charge is 2.29. The fraction of sp³-hybridized carbons (Fsp3) is 0.429. The van der Waals surface area contributed by atoms with Gasteiger partial charge in [-0.1, -0.05) is 0 Å². The third kappa shape index (κ3) is 3.05. The molecule has 1 saturated heterocycles. The van der Waals surface area contributed by atoms with Gasteiger partial charge in [0, 0.05) is 24.3 Å². The maximum absolute atomic E-state index is 12.3. The van der Waals surface area contributed by atoms with Crippen LogP contribution in [0.3, 0.4) is 0 Å². The molecular formula is C14H18N2O3. The fourth-order valence-electron chi connectivity index (χ4n) is 2.33. The third-order valence-electron chi connectivity index (χ3n) is 3.40. The lowest BCUT2D eigenvalue weighted by molar-refractivity contribution is -0.146. The summed E-state index contributed by atoms with van der Waals surface area (Å²) in [5, 5.41) is 0. The summed E-state index contributed by atoms with van der Waals surface area (Å²) in [6, 6.07) is 6.82. The zero-order valence-corrected chi connectivity index (χ0v) is 11.0. The predicted octanol–water partition coefficient (Wildman–Crippen LogP) is 1.29. The smallest absolute Gasteiger partial charge is 0.310 e. The van der Waals surface area contributed by atoms with Gasteiger partial charge in [0.05, 0.1) is 13.0 Å². The number of esters is 1. The van der Waals surface area contributed by atoms with Gasteiger partial charge in [-0.15, -0.1) is 0 Å². The highest BCUT2D eigenvalue weighted by molar-refractivity contribution is 5.94. The summed E-state index contributed by atoms with van der Waals surface area (Å²) in [5.74, 6) is -0.514. The highest BCUT2D eigenvalue weighted by atomic mass is 16.5. The second-order valence-corrected chi connectivity index (χ2v) is 4.74. The first-order chi connectivity index (χ1) is 9.11. The third-order valence-corrected chi connectivity index (χ3v) is 3.40. The van der Waals surface area contributed by atoms with Crippen molar-refractivity contribution in [3.8, 4) is 0 Å². The van der Waals surface area contributed by atoms with Gasteiger partial charge in [-0.05, 0) is 37.1 Å². The molecule has 0 bridgehead atoms. The minimum Gasteiger partial charge on any atom is -0.469 e. The van der Waals surface area contributed by atoms with Crippen LogP contribution in [0.1, 0.15) is 23.2 Å². The topological polar surface area (TPSA) is 72.6 Å². The van der Waals surface area contributed by atoms with Crippen LogP contribution < -0.4 is 5.73 Å². The number of amides is 1. The molecule has 0 radical (unpaired) electrons. The van der Waals surface area contributed by atoms with E-state index in [2.05, 4.69) is 0 Å². The lowest BCUT2D eigenvalue weighted by atomic mass is 9.97. The van der Waals surface area contributed by atoms with Gasteiger partial charge in [0.2, 0.25) is 0 Å². The lowest BCUT2D eigenvalue weighted by Gasteiger charge is -2.31. The maximum Gasteiger partial charge on any atom is 0.310 e. The number of nitrogens with two attached hydrogens (primary N) is 1. The van der Waals surface area contributed by atoms with Gasteiger partial charge >= 0.3 is 5.97 Å². The number of carbonyl (C=O) groups is 2. The predicted molar refractivity (Wildman–Crippen MR) is 71.5 cm³/mol. The molecule has 5 nitrogen and oxygen atoms in total. The Hall–Kier alpha value is -2.04. The molecule has 2 N–H and O–H groups in total. The summed E-state index contributed by atoms with van der Waals surface area (Å²) in [6.45, 7) is 1.10. The van der Waals surface area contributed by atoms with Crippen LogP contribution in [0.5, 0.6) is 0 Å². The molecule has 1 aliphatic rings. The number of hydrogen-bond donors (Lipinski definition) is 1. The van der Waals surface area contributed by atoms with E-state index in [0.29, 0.717) is 24.3 Å². The van der Waals surface area contributed by atoms with Crippen molar-refractivity contribution >= 4 is 17.6 Å². The standard InChI is InChI=1S/C14H18N2O3/c1-19-14(18)11-3-2-8-16(9-11)13(17)10-4-6-12(15)7-5-10/h4-7,11H,2-3,8-9,15H2,1H3. The van der Waals surface area contributed by atoms with Crippen LogP contribution in [0.2, 0.25) is 0 Å². The fourth-order valence-corrected chi connectivity index (χ4v) is 2.33. The molecule has 1 unspecified atom stereocenters. The second-order valence-electron chi connectivity index (χ2n) is 4.74. The van der Waals surface area contributed by atoms with Crippen molar-refractivity contribution in [2.75, 3.05) is 25.9 Å². The minimum atomic E-state index is -0.241. The first kappa shape index (κ1) is 13.4. The van der Waals surface area contributed by atoms with Crippen molar-refractivity contribution in [3.05, 3.63) is 29.8 Å². The molecule has 0 aromatic heterocycles. The van der Waals surface area contributed by atoms with E-state index in [-0.39, 0.29) is 17.8 Å². The van der Waals surface area contributed by atoms with E-state index in [1.807, 2.05) is 0 Å². The monoisotopic (exact) mass is 262 g/mol. The van der Waals surface area contributed by atoms with E-state index < -0.39 is 0 Å². The molecular weight excluding hydrogens is 244 g/mol. The summed E-state index contributed by atoms with van der Waals surface area (Å²) in [7, 11) is 1.38. The van der Waals surface area contributed by atoms with Crippen LogP contribution in [-0.2, 0) is 9.53 Å². The molecule has 1 fully saturated rings. The van der Waals surface area contributed by atoms with Gasteiger partial charge in [0.15, 0.2) is 0 Å². The van der Waals surface area contributed by atoms with Crippen molar-refractivity contribution < 1.29 is 14.3 Å². The number of anilines is 1. The molecule has 0 aliphatic carbocycles. The zero-order valence-electron chi connectivity index (χ0n) is 11.0. The van der Waals surface area contributed by atoms with E-state index in [1.165, 1.54) is 7.11 Å². The van der Waals surface area contributed by atoms with Gasteiger partial charge < -0.3 is 15.4 Å². The van der Waals surface area contributed by atoms with Crippen LogP contribution >= 0.6 is 0 Å². The Morgan fingerprint density at radius 2 is 2.00 bits per heavy atom. The molecule has 1 atom stereocenters. The Bertz CT molecular complexity index is 470. The molecule has 1 aliphatic heterocycles. The first-order valence-corrected chi connectivity index (χ1v) is 6.34. The van der Waals surface area contributed by atoms with Gasteiger partial charge in [-0.2, -0.15) is 0 Å². The number of likely N-dealkylation sites (tertiary alicyclic amines) is 1. The molecule has 102 valence electrons. The Labute approximate surface area is 112 Å². The quantitative estimate of drug-likeness (QED) is 0.644. The molecule has 19 heavy (non-hydrogen) atoms. The summed E-state index contributed by atoms with van der Waals surface area (Å²) >= 11 is 0. The van der Waals surface area contributed by atoms with Crippen molar-refractivity contribution in [1.82, 2.24) is 4.90 Å². The number of nitrogen functional groups attached to an aromatic ring is 1. The molecule has 1 aromatic rings. The van der Waals surface area contributed by atoms with Crippen LogP contribution in [0.4, 0.5) is 5.69 Å². The van der Waals surface area contributed by atoms with E-state index in [0.717, 1.165) is 12.8 Å². The van der Waals surface area contributed by atoms with E-state index in [9.17, 15) is 9.59 Å². The summed E-state index contributed by atoms with van der Waals surface area (Å²) < 4.78 is 4.75. The Morgan fingerprint density at radius 3 is 2.63 bits per heavy atom. The van der Waals surface area contributed by atoms with E-state index in [4.69, 9.17) is 10.5 Å². The number of nitrogens with zero attached hydrogens (tertiary/aromatic N) is 1. The van der Waals surface area contributed by atoms with Crippen LogP contribution in [0.25, 0.3) is 0 Å². The molecule has 1 aromatic carbocycles. The normalized spacial score (nSPS) is 19.0. The number of carbonyl (C=O) groups excluding carboxylic acids is 2. The van der Waals surface area contributed by atoms with Gasteiger partial charge in [-0.25, -0.2) is 0 Å². The van der Waals surface area contributed by atoms with Gasteiger partial charge in [-0.3, -0.25) is 9.59 Å². The lowest BCUT2D eigenvalue weighted by Crippen LogP contribution is -2.42. The molecule has 2 rings (SSSR count). The average Bonchev–Trinajstić information content (AvgIpc) is 2.46. The van der Waals surface area contributed by atoms with Crippen LogP contribution in [-0.4, -0.2) is 37.0 Å². The molecule has 0 saturated carbocycles. The van der Waals surface area contributed by atoms with Gasteiger partial charge in [0.1, 0.15) is 0 Å². The largest absolute Gasteiger partial charge is 0.469 e. The van der Waals surface area contributed by atoms with Crippen molar-refractivity contribution in [1.29, 1.82) is 0 Å². The molecule has 5 heteroatoms. The Balaban J connectivity index is 2.06. The minimum absolute atomic E-state index is 0.0615. The average molecular weight is 262 g/mol. The SMILES string of the molecule is COC(=O)C1CCCN(C(=O)c2ccc(N)cc2)C1. The number of benzene rings is 1. The number of rotatable bonds is 2. The van der Waals surface area contributed by atoms with E-state index in [1.54, 1.807) is 29.2 Å². The molecule has 0 spiro atoms. The summed E-state index contributed by atoms with van der Waals surface area (Å²) in [5.41, 5.74) is 6.82. The Morgan fingerprint density at radius 1 is 1.32 bits per heavy atom. The van der Waals surface area contributed by atoms with Crippen LogP contribution in [0.15, 0.2) is 24.3 Å². The summed E-state index contributed by atoms with van der Waals surface area (Å²) in [6.07, 6.45) is 1.60. The number of piperidine rings is 1. The maximum atomic E-state index is 12.3. The molecule has 1 heterocycles. The number of hydrogen-bond acceptors (Lipinski definition) is 4. The van der Waals surface area contributed by atoms with Crippen molar-refractivity contribution in [3.63, 3.8) is 0 Å². The van der Waals surface area contributed by atoms with Crippen molar-refractivity contribution in [2.45, 2.75) is 12.8 Å². The molecule has 1 amide bonds. The van der Waals surface area contributed by atoms with Gasteiger partial charge in [0.25, 0.3) is 5.91 Å². The number of methoxy groups -OCH3 is 1.